The molecule has 0 saturated heterocycles. The average Bonchev–Trinajstić information content (AvgIpc) is 2.33. The van der Waals surface area contributed by atoms with E-state index in [1.54, 1.807) is 24.3 Å². The molecule has 0 radical (unpaired) electrons. The molecule has 1 unspecified atom stereocenters. The Kier molecular flexibility index (Phi) is 5.30. The maximum Gasteiger partial charge on any atom is 0.221 e. The molecule has 5 nitrogen and oxygen atoms in total. The number of aliphatic hydroxyl groups excluding tert-OH is 1. The first-order valence-electron chi connectivity index (χ1n) is 5.55. The first-order chi connectivity index (χ1) is 8.42. The van der Waals surface area contributed by atoms with Gasteiger partial charge in [-0.2, -0.15) is 0 Å². The molecule has 1 aromatic carbocycles. The second-order valence-corrected chi connectivity index (χ2v) is 6.35. The van der Waals surface area contributed by atoms with Crippen molar-refractivity contribution < 1.29 is 18.3 Å². The lowest BCUT2D eigenvalue weighted by atomic mass is 10.1. The summed E-state index contributed by atoms with van der Waals surface area (Å²) >= 11 is 0. The van der Waals surface area contributed by atoms with Crippen LogP contribution >= 0.6 is 0 Å². The summed E-state index contributed by atoms with van der Waals surface area (Å²) in [7, 11) is -3.15. The minimum Gasteiger partial charge on any atom is -0.394 e. The lowest BCUT2D eigenvalue weighted by molar-refractivity contribution is -0.121. The molecule has 0 fully saturated rings. The predicted octanol–water partition coefficient (Wildman–Crippen LogP) is 0.271. The molecule has 0 aromatic heterocycles. The summed E-state index contributed by atoms with van der Waals surface area (Å²) in [6, 6.07) is 8.53. The molecule has 0 aliphatic rings. The number of amides is 1. The van der Waals surface area contributed by atoms with Crippen molar-refractivity contribution in [2.24, 2.45) is 0 Å². The van der Waals surface area contributed by atoms with Gasteiger partial charge in [-0.3, -0.25) is 4.79 Å². The van der Waals surface area contributed by atoms with Crippen LogP contribution < -0.4 is 5.32 Å². The van der Waals surface area contributed by atoms with E-state index < -0.39 is 15.9 Å². The lowest BCUT2D eigenvalue weighted by Gasteiger charge is -2.16. The average molecular weight is 271 g/mol. The lowest BCUT2D eigenvalue weighted by Crippen LogP contribution is -2.31. The number of sulfone groups is 1. The van der Waals surface area contributed by atoms with Gasteiger partial charge >= 0.3 is 0 Å². The van der Waals surface area contributed by atoms with Gasteiger partial charge in [-0.25, -0.2) is 8.42 Å². The highest BCUT2D eigenvalue weighted by Crippen LogP contribution is 2.11. The van der Waals surface area contributed by atoms with Crippen molar-refractivity contribution in [2.75, 3.05) is 18.6 Å². The summed E-state index contributed by atoms with van der Waals surface area (Å²) in [5, 5.41) is 11.8. The van der Waals surface area contributed by atoms with Gasteiger partial charge in [0, 0.05) is 12.7 Å². The number of rotatable bonds is 6. The van der Waals surface area contributed by atoms with Crippen LogP contribution in [0.5, 0.6) is 0 Å². The van der Waals surface area contributed by atoms with Crippen molar-refractivity contribution in [2.45, 2.75) is 12.5 Å². The standard InChI is InChI=1S/C12H17NO4S/c1-18(16,17)8-7-12(15)13-11(9-14)10-5-3-2-4-6-10/h2-6,11,14H,7-9H2,1H3,(H,13,15). The van der Waals surface area contributed by atoms with Crippen molar-refractivity contribution in [1.29, 1.82) is 0 Å². The summed E-state index contributed by atoms with van der Waals surface area (Å²) in [6.07, 6.45) is 0.989. The Balaban J connectivity index is 2.57. The molecular formula is C12H17NO4S. The van der Waals surface area contributed by atoms with Crippen LogP contribution in [0.15, 0.2) is 30.3 Å². The van der Waals surface area contributed by atoms with Crippen LogP contribution in [-0.2, 0) is 14.6 Å². The summed E-state index contributed by atoms with van der Waals surface area (Å²) in [5.41, 5.74) is 0.785. The maximum absolute atomic E-state index is 11.5. The largest absolute Gasteiger partial charge is 0.394 e. The van der Waals surface area contributed by atoms with Gasteiger partial charge in [0.2, 0.25) is 5.91 Å². The van der Waals surface area contributed by atoms with Crippen LogP contribution in [0, 0.1) is 0 Å². The smallest absolute Gasteiger partial charge is 0.221 e. The van der Waals surface area contributed by atoms with Crippen molar-refractivity contribution >= 4 is 15.7 Å². The SMILES string of the molecule is CS(=O)(=O)CCC(=O)NC(CO)c1ccccc1. The highest BCUT2D eigenvalue weighted by molar-refractivity contribution is 7.90. The van der Waals surface area contributed by atoms with E-state index in [2.05, 4.69) is 5.32 Å². The zero-order valence-electron chi connectivity index (χ0n) is 10.2. The van der Waals surface area contributed by atoms with Gasteiger partial charge in [0.1, 0.15) is 9.84 Å². The van der Waals surface area contributed by atoms with Gasteiger partial charge in [0.15, 0.2) is 0 Å². The van der Waals surface area contributed by atoms with Gasteiger partial charge in [-0.15, -0.1) is 0 Å². The quantitative estimate of drug-likeness (QED) is 0.778. The van der Waals surface area contributed by atoms with Crippen LogP contribution in [0.4, 0.5) is 0 Å². The fourth-order valence-corrected chi connectivity index (χ4v) is 2.02. The van der Waals surface area contributed by atoms with Crippen LogP contribution in [0.25, 0.3) is 0 Å². The number of carbonyl (C=O) groups excluding carboxylic acids is 1. The van der Waals surface area contributed by atoms with E-state index in [1.807, 2.05) is 6.07 Å². The monoisotopic (exact) mass is 271 g/mol. The molecule has 18 heavy (non-hydrogen) atoms. The summed E-state index contributed by atoms with van der Waals surface area (Å²) in [4.78, 5) is 11.5. The number of aliphatic hydroxyl groups is 1. The van der Waals surface area contributed by atoms with Crippen molar-refractivity contribution in [3.63, 3.8) is 0 Å². The van der Waals surface area contributed by atoms with Crippen molar-refractivity contribution in [3.8, 4) is 0 Å². The first kappa shape index (κ1) is 14.7. The van der Waals surface area contributed by atoms with E-state index >= 15 is 0 Å². The van der Waals surface area contributed by atoms with Gasteiger partial charge in [-0.1, -0.05) is 30.3 Å². The Hall–Kier alpha value is -1.40. The van der Waals surface area contributed by atoms with E-state index in [0.29, 0.717) is 0 Å². The Morgan fingerprint density at radius 3 is 2.44 bits per heavy atom. The summed E-state index contributed by atoms with van der Waals surface area (Å²) in [5.74, 6) is -0.575. The third-order valence-electron chi connectivity index (χ3n) is 2.42. The van der Waals surface area contributed by atoms with E-state index in [1.165, 1.54) is 0 Å². The van der Waals surface area contributed by atoms with Crippen LogP contribution in [0.1, 0.15) is 18.0 Å². The fourth-order valence-electron chi connectivity index (χ4n) is 1.46. The number of nitrogens with one attached hydrogen (secondary N) is 1. The van der Waals surface area contributed by atoms with Crippen molar-refractivity contribution in [3.05, 3.63) is 35.9 Å². The first-order valence-corrected chi connectivity index (χ1v) is 7.61. The highest BCUT2D eigenvalue weighted by atomic mass is 32.2. The molecule has 0 heterocycles. The number of carbonyl (C=O) groups is 1. The zero-order chi connectivity index (χ0) is 13.6. The number of benzene rings is 1. The highest BCUT2D eigenvalue weighted by Gasteiger charge is 2.14. The third-order valence-corrected chi connectivity index (χ3v) is 3.37. The molecule has 0 spiro atoms. The van der Waals surface area contributed by atoms with Crippen LogP contribution in [-0.4, -0.2) is 38.0 Å². The van der Waals surface area contributed by atoms with E-state index in [0.717, 1.165) is 11.8 Å². The Labute approximate surface area is 107 Å². The second kappa shape index (κ2) is 6.51. The fraction of sp³-hybridized carbons (Fsp3) is 0.417. The van der Waals surface area contributed by atoms with Crippen molar-refractivity contribution in [1.82, 2.24) is 5.32 Å². The van der Waals surface area contributed by atoms with E-state index in [-0.39, 0.29) is 24.7 Å². The van der Waals surface area contributed by atoms with Gasteiger partial charge in [0.05, 0.1) is 18.4 Å². The molecule has 1 atom stereocenters. The molecule has 0 aliphatic carbocycles. The van der Waals surface area contributed by atoms with Crippen LogP contribution in [0.3, 0.4) is 0 Å². The van der Waals surface area contributed by atoms with Gasteiger partial charge < -0.3 is 10.4 Å². The summed E-state index contributed by atoms with van der Waals surface area (Å²) < 4.78 is 21.9. The minimum absolute atomic E-state index is 0.0951. The predicted molar refractivity (Wildman–Crippen MR) is 68.7 cm³/mol. The Morgan fingerprint density at radius 1 is 1.33 bits per heavy atom. The van der Waals surface area contributed by atoms with Gasteiger partial charge in [-0.05, 0) is 5.56 Å². The topological polar surface area (TPSA) is 83.5 Å². The molecule has 1 aromatic rings. The number of hydrogen-bond acceptors (Lipinski definition) is 4. The molecule has 0 bridgehead atoms. The molecule has 6 heteroatoms. The molecule has 0 aliphatic heterocycles. The maximum atomic E-state index is 11.5. The van der Waals surface area contributed by atoms with Crippen LogP contribution in [0.2, 0.25) is 0 Å². The molecule has 100 valence electrons. The third kappa shape index (κ3) is 5.29. The van der Waals surface area contributed by atoms with E-state index in [4.69, 9.17) is 0 Å². The molecular weight excluding hydrogens is 254 g/mol. The Bertz CT molecular complexity index is 484. The zero-order valence-corrected chi connectivity index (χ0v) is 11.0. The second-order valence-electron chi connectivity index (χ2n) is 4.09. The molecule has 2 N–H and O–H groups in total. The Morgan fingerprint density at radius 2 is 1.94 bits per heavy atom. The van der Waals surface area contributed by atoms with E-state index in [9.17, 15) is 18.3 Å². The number of hydrogen-bond donors (Lipinski definition) is 2. The molecule has 1 rings (SSSR count). The van der Waals surface area contributed by atoms with Gasteiger partial charge in [0.25, 0.3) is 0 Å². The minimum atomic E-state index is -3.15. The normalized spacial score (nSPS) is 13.0. The molecule has 1 amide bonds. The molecule has 0 saturated carbocycles. The summed E-state index contributed by atoms with van der Waals surface area (Å²) in [6.45, 7) is -0.228.